The van der Waals surface area contributed by atoms with Gasteiger partial charge in [0.1, 0.15) is 11.7 Å². The largest absolute Gasteiger partial charge is 0.396 e. The molecule has 7 heteroatoms. The normalized spacial score (nSPS) is 12.7. The molecule has 0 bridgehead atoms. The molecule has 1 heterocycles. The molecule has 1 atom stereocenters. The first-order chi connectivity index (χ1) is 17.0. The van der Waals surface area contributed by atoms with E-state index in [4.69, 9.17) is 16.7 Å². The minimum Gasteiger partial charge on any atom is -0.396 e. The molecule has 1 unspecified atom stereocenters. The van der Waals surface area contributed by atoms with E-state index in [0.717, 1.165) is 36.7 Å². The highest BCUT2D eigenvalue weighted by Gasteiger charge is 2.34. The highest BCUT2D eigenvalue weighted by molar-refractivity contribution is 6.30. The lowest BCUT2D eigenvalue weighted by molar-refractivity contribution is 0.0806. The van der Waals surface area contributed by atoms with Crippen LogP contribution in [0.1, 0.15) is 96.6 Å². The van der Waals surface area contributed by atoms with Crippen LogP contribution in [0.2, 0.25) is 5.02 Å². The van der Waals surface area contributed by atoms with Crippen LogP contribution in [0, 0.1) is 10.8 Å². The third-order valence-corrected chi connectivity index (χ3v) is 6.80. The first-order valence-electron chi connectivity index (χ1n) is 13.0. The van der Waals surface area contributed by atoms with Gasteiger partial charge in [0.05, 0.1) is 5.52 Å². The van der Waals surface area contributed by atoms with E-state index < -0.39 is 0 Å². The SMILES string of the molecule is CCCCC(C)(C)C(NC(=O)c1ccc(Cl)cc1)n1nnc2ccccc21.CCCCC(C)(C)CO. The van der Waals surface area contributed by atoms with E-state index in [9.17, 15) is 4.79 Å². The van der Waals surface area contributed by atoms with E-state index in [1.165, 1.54) is 12.8 Å². The number of para-hydroxylation sites is 1. The second-order valence-electron chi connectivity index (χ2n) is 10.9. The van der Waals surface area contributed by atoms with Crippen molar-refractivity contribution in [3.63, 3.8) is 0 Å². The highest BCUT2D eigenvalue weighted by atomic mass is 35.5. The number of unbranched alkanes of at least 4 members (excludes halogenated alkanes) is 2. The average molecular weight is 515 g/mol. The van der Waals surface area contributed by atoms with Crippen LogP contribution in [0.5, 0.6) is 0 Å². The summed E-state index contributed by atoms with van der Waals surface area (Å²) in [4.78, 5) is 12.9. The Morgan fingerprint density at radius 1 is 1.00 bits per heavy atom. The molecule has 36 heavy (non-hydrogen) atoms. The van der Waals surface area contributed by atoms with Crippen LogP contribution >= 0.6 is 11.6 Å². The van der Waals surface area contributed by atoms with Crippen LogP contribution < -0.4 is 5.32 Å². The maximum atomic E-state index is 12.9. The first kappa shape index (κ1) is 29.8. The topological polar surface area (TPSA) is 80.0 Å². The van der Waals surface area contributed by atoms with Gasteiger partial charge in [0, 0.05) is 22.6 Å². The van der Waals surface area contributed by atoms with Crippen LogP contribution in [0.4, 0.5) is 0 Å². The lowest BCUT2D eigenvalue weighted by atomic mass is 9.83. The van der Waals surface area contributed by atoms with Gasteiger partial charge in [0.25, 0.3) is 5.91 Å². The van der Waals surface area contributed by atoms with Crippen LogP contribution in [-0.2, 0) is 0 Å². The quantitative estimate of drug-likeness (QED) is 0.279. The number of fused-ring (bicyclic) bond motifs is 1. The molecular weight excluding hydrogens is 472 g/mol. The second kappa shape index (κ2) is 13.8. The molecule has 2 aromatic carbocycles. The van der Waals surface area contributed by atoms with Crippen molar-refractivity contribution < 1.29 is 9.90 Å². The third kappa shape index (κ3) is 8.59. The molecule has 3 rings (SSSR count). The van der Waals surface area contributed by atoms with Crippen molar-refractivity contribution in [3.05, 3.63) is 59.1 Å². The summed E-state index contributed by atoms with van der Waals surface area (Å²) in [6.07, 6.45) is 6.41. The number of hydrogen-bond acceptors (Lipinski definition) is 4. The predicted molar refractivity (Wildman–Crippen MR) is 149 cm³/mol. The van der Waals surface area contributed by atoms with Crippen molar-refractivity contribution in [1.82, 2.24) is 20.3 Å². The fraction of sp³-hybridized carbons (Fsp3) is 0.552. The number of aliphatic hydroxyl groups is 1. The van der Waals surface area contributed by atoms with Crippen molar-refractivity contribution >= 4 is 28.5 Å². The number of aromatic nitrogens is 3. The summed E-state index contributed by atoms with van der Waals surface area (Å²) in [5, 5.41) is 21.2. The van der Waals surface area contributed by atoms with Gasteiger partial charge < -0.3 is 10.4 Å². The molecule has 1 aromatic heterocycles. The minimum atomic E-state index is -0.320. The zero-order valence-corrected chi connectivity index (χ0v) is 23.5. The highest BCUT2D eigenvalue weighted by Crippen LogP contribution is 2.36. The van der Waals surface area contributed by atoms with Crippen molar-refractivity contribution in [2.45, 2.75) is 86.2 Å². The standard InChI is InChI=1S/C21H25ClN4O.C8H18O/c1-4-5-14-21(2,3)20(23-19(27)15-10-12-16(22)13-11-15)26-18-9-7-6-8-17(18)24-25-26;1-4-5-6-8(2,3)7-9/h6-13,20H,4-5,14H2,1-3H3,(H,23,27);9H,4-7H2,1-3H3. The van der Waals surface area contributed by atoms with Crippen molar-refractivity contribution in [2.75, 3.05) is 6.61 Å². The predicted octanol–water partition coefficient (Wildman–Crippen LogP) is 7.42. The Bertz CT molecular complexity index is 1080. The molecule has 0 saturated carbocycles. The van der Waals surface area contributed by atoms with Gasteiger partial charge >= 0.3 is 0 Å². The summed E-state index contributed by atoms with van der Waals surface area (Å²) >= 11 is 5.94. The van der Waals surface area contributed by atoms with Crippen molar-refractivity contribution in [2.24, 2.45) is 10.8 Å². The summed E-state index contributed by atoms with van der Waals surface area (Å²) in [7, 11) is 0. The Morgan fingerprint density at radius 2 is 1.61 bits per heavy atom. The maximum absolute atomic E-state index is 12.9. The number of halogens is 1. The lowest BCUT2D eigenvalue weighted by Gasteiger charge is -2.35. The monoisotopic (exact) mass is 514 g/mol. The Labute approximate surface area is 221 Å². The molecule has 3 aromatic rings. The maximum Gasteiger partial charge on any atom is 0.252 e. The Kier molecular flexibility index (Phi) is 11.4. The molecule has 0 aliphatic rings. The number of aliphatic hydroxyl groups excluding tert-OH is 1. The number of hydrogen-bond donors (Lipinski definition) is 2. The van der Waals surface area contributed by atoms with Gasteiger partial charge in [-0.2, -0.15) is 0 Å². The zero-order valence-electron chi connectivity index (χ0n) is 22.7. The molecule has 0 aliphatic carbocycles. The summed E-state index contributed by atoms with van der Waals surface area (Å²) in [5.74, 6) is -0.152. The Morgan fingerprint density at radius 3 is 2.22 bits per heavy atom. The van der Waals surface area contributed by atoms with Gasteiger partial charge in [-0.25, -0.2) is 4.68 Å². The van der Waals surface area contributed by atoms with Crippen LogP contribution in [-0.4, -0.2) is 32.6 Å². The average Bonchev–Trinajstić information content (AvgIpc) is 3.29. The lowest BCUT2D eigenvalue weighted by Crippen LogP contribution is -2.42. The minimum absolute atomic E-state index is 0.149. The number of benzene rings is 2. The molecule has 0 radical (unpaired) electrons. The fourth-order valence-corrected chi connectivity index (χ4v) is 4.10. The van der Waals surface area contributed by atoms with Gasteiger partial charge in [0.2, 0.25) is 0 Å². The van der Waals surface area contributed by atoms with Gasteiger partial charge in [-0.3, -0.25) is 4.79 Å². The number of carbonyl (C=O) groups is 1. The summed E-state index contributed by atoms with van der Waals surface area (Å²) < 4.78 is 1.83. The Hall–Kier alpha value is -2.44. The van der Waals surface area contributed by atoms with E-state index in [1.54, 1.807) is 24.3 Å². The van der Waals surface area contributed by atoms with Crippen LogP contribution in [0.25, 0.3) is 11.0 Å². The van der Waals surface area contributed by atoms with E-state index in [1.807, 2.05) is 28.9 Å². The number of carbonyl (C=O) groups excluding carboxylic acids is 1. The summed E-state index contributed by atoms with van der Waals surface area (Å²) in [5.41, 5.74) is 2.24. The molecule has 6 nitrogen and oxygen atoms in total. The fourth-order valence-electron chi connectivity index (χ4n) is 3.98. The molecule has 1 amide bonds. The van der Waals surface area contributed by atoms with E-state index in [-0.39, 0.29) is 22.9 Å². The van der Waals surface area contributed by atoms with E-state index in [2.05, 4.69) is 57.2 Å². The molecule has 0 saturated heterocycles. The number of nitrogens with one attached hydrogen (secondary N) is 1. The summed E-state index contributed by atoms with van der Waals surface area (Å²) in [6, 6.07) is 14.7. The number of amides is 1. The zero-order chi connectivity index (χ0) is 26.8. The van der Waals surface area contributed by atoms with Crippen LogP contribution in [0.3, 0.4) is 0 Å². The first-order valence-corrected chi connectivity index (χ1v) is 13.4. The smallest absolute Gasteiger partial charge is 0.252 e. The molecule has 198 valence electrons. The molecule has 0 fully saturated rings. The number of nitrogens with zero attached hydrogens (tertiary/aromatic N) is 3. The van der Waals surface area contributed by atoms with Gasteiger partial charge in [-0.1, -0.05) is 96.2 Å². The molecule has 0 aliphatic heterocycles. The summed E-state index contributed by atoms with van der Waals surface area (Å²) in [6.45, 7) is 13.2. The van der Waals surface area contributed by atoms with E-state index >= 15 is 0 Å². The van der Waals surface area contributed by atoms with Crippen molar-refractivity contribution in [3.8, 4) is 0 Å². The molecular formula is C29H43ClN4O2. The molecule has 2 N–H and O–H groups in total. The van der Waals surface area contributed by atoms with Crippen molar-refractivity contribution in [1.29, 1.82) is 0 Å². The second-order valence-corrected chi connectivity index (χ2v) is 11.4. The van der Waals surface area contributed by atoms with Gasteiger partial charge in [-0.15, -0.1) is 5.10 Å². The third-order valence-electron chi connectivity index (χ3n) is 6.55. The molecule has 0 spiro atoms. The van der Waals surface area contributed by atoms with Gasteiger partial charge in [-0.05, 0) is 54.7 Å². The Balaban J connectivity index is 0.000000434. The van der Waals surface area contributed by atoms with Gasteiger partial charge in [0.15, 0.2) is 0 Å². The van der Waals surface area contributed by atoms with E-state index in [0.29, 0.717) is 17.2 Å². The number of rotatable bonds is 11. The van der Waals surface area contributed by atoms with Crippen LogP contribution in [0.15, 0.2) is 48.5 Å².